The van der Waals surface area contributed by atoms with Gasteiger partial charge in [-0.25, -0.2) is 0 Å². The normalized spacial score (nSPS) is 17.6. The highest BCUT2D eigenvalue weighted by Crippen LogP contribution is 2.11. The summed E-state index contributed by atoms with van der Waals surface area (Å²) >= 11 is 5.83. The molecule has 3 nitrogen and oxygen atoms in total. The van der Waals surface area contributed by atoms with Gasteiger partial charge in [0.25, 0.3) is 0 Å². The Morgan fingerprint density at radius 3 is 2.26 bits per heavy atom. The van der Waals surface area contributed by atoms with E-state index in [0.29, 0.717) is 11.6 Å². The van der Waals surface area contributed by atoms with Crippen molar-refractivity contribution in [2.24, 2.45) is 0 Å². The van der Waals surface area contributed by atoms with E-state index in [9.17, 15) is 4.79 Å². The Bertz CT molecular complexity index is 411. The van der Waals surface area contributed by atoms with Crippen LogP contribution in [0.4, 0.5) is 0 Å². The Balaban J connectivity index is 1.82. The third kappa shape index (κ3) is 4.30. The summed E-state index contributed by atoms with van der Waals surface area (Å²) in [6, 6.07) is 7.15. The molecular formula is C15H21ClN2O. The van der Waals surface area contributed by atoms with Gasteiger partial charge in [0, 0.05) is 36.8 Å². The second kappa shape index (κ2) is 7.04. The maximum absolute atomic E-state index is 12.1. The van der Waals surface area contributed by atoms with Crippen LogP contribution in [0.5, 0.6) is 0 Å². The number of ketones is 1. The zero-order valence-electron chi connectivity index (χ0n) is 11.4. The molecule has 0 spiro atoms. The number of rotatable bonds is 5. The van der Waals surface area contributed by atoms with Crippen LogP contribution in [0.25, 0.3) is 0 Å². The summed E-state index contributed by atoms with van der Waals surface area (Å²) in [6.07, 6.45) is 1.20. The van der Waals surface area contributed by atoms with Crippen molar-refractivity contribution in [3.8, 4) is 0 Å². The summed E-state index contributed by atoms with van der Waals surface area (Å²) in [5, 5.41) is 0.671. The predicted octanol–water partition coefficient (Wildman–Crippen LogP) is 2.55. The Morgan fingerprint density at radius 2 is 1.68 bits per heavy atom. The van der Waals surface area contributed by atoms with E-state index < -0.39 is 0 Å². The Kier molecular flexibility index (Phi) is 5.37. The number of nitrogens with zero attached hydrogens (tertiary/aromatic N) is 2. The van der Waals surface area contributed by atoms with Gasteiger partial charge in [-0.05, 0) is 37.2 Å². The highest BCUT2D eigenvalue weighted by Gasteiger charge is 2.18. The van der Waals surface area contributed by atoms with E-state index in [1.165, 1.54) is 13.0 Å². The highest BCUT2D eigenvalue weighted by atomic mass is 35.5. The van der Waals surface area contributed by atoms with Crippen LogP contribution in [0, 0.1) is 0 Å². The molecule has 1 fully saturated rings. The lowest BCUT2D eigenvalue weighted by molar-refractivity contribution is 0.0853. The summed E-state index contributed by atoms with van der Waals surface area (Å²) in [5.41, 5.74) is 0.750. The quantitative estimate of drug-likeness (QED) is 0.775. The Morgan fingerprint density at radius 1 is 1.11 bits per heavy atom. The van der Waals surface area contributed by atoms with Gasteiger partial charge >= 0.3 is 0 Å². The number of halogens is 1. The van der Waals surface area contributed by atoms with Crippen molar-refractivity contribution in [1.29, 1.82) is 0 Å². The number of carbonyl (C=O) groups is 1. The van der Waals surface area contributed by atoms with Crippen LogP contribution >= 0.6 is 11.6 Å². The molecule has 0 aromatic heterocycles. The molecule has 0 unspecified atom stereocenters. The van der Waals surface area contributed by atoms with Gasteiger partial charge in [0.05, 0.1) is 6.54 Å². The third-order valence-electron chi connectivity index (χ3n) is 3.54. The molecule has 0 N–H and O–H groups in total. The van der Waals surface area contributed by atoms with Crippen molar-refractivity contribution < 1.29 is 4.79 Å². The standard InChI is InChI=1S/C15H21ClN2O/c1-2-7-17-8-10-18(11-9-17)12-15(19)13-3-5-14(16)6-4-13/h3-6H,2,7-12H2,1H3. The van der Waals surface area contributed by atoms with Crippen molar-refractivity contribution in [3.63, 3.8) is 0 Å². The number of carbonyl (C=O) groups excluding carboxylic acids is 1. The number of benzene rings is 1. The number of hydrogen-bond acceptors (Lipinski definition) is 3. The lowest BCUT2D eigenvalue weighted by atomic mass is 10.1. The minimum absolute atomic E-state index is 0.181. The number of hydrogen-bond donors (Lipinski definition) is 0. The molecule has 1 saturated heterocycles. The average molecular weight is 281 g/mol. The fourth-order valence-electron chi connectivity index (χ4n) is 2.42. The third-order valence-corrected chi connectivity index (χ3v) is 3.79. The van der Waals surface area contributed by atoms with Crippen LogP contribution in [-0.2, 0) is 0 Å². The molecule has 1 aromatic carbocycles. The van der Waals surface area contributed by atoms with E-state index in [1.807, 2.05) is 0 Å². The molecule has 104 valence electrons. The molecule has 1 aliphatic rings. The van der Waals surface area contributed by atoms with Crippen LogP contribution in [-0.4, -0.2) is 54.9 Å². The molecule has 1 heterocycles. The van der Waals surface area contributed by atoms with E-state index in [2.05, 4.69) is 16.7 Å². The molecule has 1 aliphatic heterocycles. The Hall–Kier alpha value is -0.900. The van der Waals surface area contributed by atoms with E-state index in [-0.39, 0.29) is 5.78 Å². The molecule has 4 heteroatoms. The second-order valence-electron chi connectivity index (χ2n) is 5.05. The van der Waals surface area contributed by atoms with E-state index in [1.54, 1.807) is 24.3 Å². The van der Waals surface area contributed by atoms with E-state index in [4.69, 9.17) is 11.6 Å². The van der Waals surface area contributed by atoms with Crippen molar-refractivity contribution in [2.75, 3.05) is 39.3 Å². The van der Waals surface area contributed by atoms with Gasteiger partial charge in [0.2, 0.25) is 0 Å². The molecule has 0 amide bonds. The summed E-state index contributed by atoms with van der Waals surface area (Å²) in [5.74, 6) is 0.181. The first-order valence-corrected chi connectivity index (χ1v) is 7.30. The maximum atomic E-state index is 12.1. The van der Waals surface area contributed by atoms with Crippen molar-refractivity contribution >= 4 is 17.4 Å². The molecular weight excluding hydrogens is 260 g/mol. The highest BCUT2D eigenvalue weighted by molar-refractivity contribution is 6.30. The van der Waals surface area contributed by atoms with E-state index in [0.717, 1.165) is 31.7 Å². The largest absolute Gasteiger partial charge is 0.301 e. The molecule has 0 atom stereocenters. The van der Waals surface area contributed by atoms with Crippen molar-refractivity contribution in [1.82, 2.24) is 9.80 Å². The average Bonchev–Trinajstić information content (AvgIpc) is 2.42. The molecule has 1 aromatic rings. The van der Waals surface area contributed by atoms with E-state index >= 15 is 0 Å². The van der Waals surface area contributed by atoms with Crippen LogP contribution in [0.2, 0.25) is 5.02 Å². The van der Waals surface area contributed by atoms with Gasteiger partial charge < -0.3 is 4.90 Å². The maximum Gasteiger partial charge on any atom is 0.176 e. The second-order valence-corrected chi connectivity index (χ2v) is 5.48. The lowest BCUT2D eigenvalue weighted by Gasteiger charge is -2.34. The lowest BCUT2D eigenvalue weighted by Crippen LogP contribution is -2.47. The number of piperazine rings is 1. The topological polar surface area (TPSA) is 23.6 Å². The van der Waals surface area contributed by atoms with Crippen molar-refractivity contribution in [2.45, 2.75) is 13.3 Å². The van der Waals surface area contributed by atoms with Gasteiger partial charge in [-0.3, -0.25) is 9.69 Å². The summed E-state index contributed by atoms with van der Waals surface area (Å²) in [7, 11) is 0. The fourth-order valence-corrected chi connectivity index (χ4v) is 2.54. The first-order chi connectivity index (χ1) is 9.19. The van der Waals surface area contributed by atoms with Crippen molar-refractivity contribution in [3.05, 3.63) is 34.9 Å². The summed E-state index contributed by atoms with van der Waals surface area (Å²) < 4.78 is 0. The summed E-state index contributed by atoms with van der Waals surface area (Å²) in [4.78, 5) is 16.8. The molecule has 0 bridgehead atoms. The molecule has 0 saturated carbocycles. The number of Topliss-reactive ketones (excluding diaryl/α,β-unsaturated/α-hetero) is 1. The SMILES string of the molecule is CCCN1CCN(CC(=O)c2ccc(Cl)cc2)CC1. The molecule has 0 aliphatic carbocycles. The predicted molar refractivity (Wildman–Crippen MR) is 79.0 cm³/mol. The molecule has 0 radical (unpaired) electrons. The minimum Gasteiger partial charge on any atom is -0.301 e. The smallest absolute Gasteiger partial charge is 0.176 e. The summed E-state index contributed by atoms with van der Waals surface area (Å²) in [6.45, 7) is 8.00. The first kappa shape index (κ1) is 14.5. The first-order valence-electron chi connectivity index (χ1n) is 6.92. The van der Waals surface area contributed by atoms with Gasteiger partial charge in [-0.15, -0.1) is 0 Å². The van der Waals surface area contributed by atoms with Gasteiger partial charge in [0.1, 0.15) is 0 Å². The van der Waals surface area contributed by atoms with Crippen LogP contribution in [0.3, 0.4) is 0 Å². The molecule has 2 rings (SSSR count). The zero-order valence-corrected chi connectivity index (χ0v) is 12.2. The minimum atomic E-state index is 0.181. The van der Waals surface area contributed by atoms with Crippen LogP contribution in [0.15, 0.2) is 24.3 Å². The molecule has 19 heavy (non-hydrogen) atoms. The monoisotopic (exact) mass is 280 g/mol. The zero-order chi connectivity index (χ0) is 13.7. The van der Waals surface area contributed by atoms with Gasteiger partial charge in [-0.1, -0.05) is 18.5 Å². The van der Waals surface area contributed by atoms with Gasteiger partial charge in [0.15, 0.2) is 5.78 Å². The van der Waals surface area contributed by atoms with Crippen LogP contribution in [0.1, 0.15) is 23.7 Å². The van der Waals surface area contributed by atoms with Crippen LogP contribution < -0.4 is 0 Å². The van der Waals surface area contributed by atoms with Gasteiger partial charge in [-0.2, -0.15) is 0 Å². The fraction of sp³-hybridized carbons (Fsp3) is 0.533. The Labute approximate surface area is 120 Å².